The van der Waals surface area contributed by atoms with Crippen molar-refractivity contribution in [2.75, 3.05) is 6.54 Å². The van der Waals surface area contributed by atoms with E-state index in [4.69, 9.17) is 5.11 Å². The molecule has 1 heterocycles. The molecule has 27 heavy (non-hydrogen) atoms. The van der Waals surface area contributed by atoms with Crippen LogP contribution in [0.25, 0.3) is 10.9 Å². The van der Waals surface area contributed by atoms with Gasteiger partial charge in [-0.15, -0.1) is 0 Å². The maximum Gasteiger partial charge on any atom is 0.303 e. The second-order valence-corrected chi connectivity index (χ2v) is 7.83. The van der Waals surface area contributed by atoms with Crippen LogP contribution in [0.15, 0.2) is 30.3 Å². The summed E-state index contributed by atoms with van der Waals surface area (Å²) < 4.78 is 0. The second-order valence-electron chi connectivity index (χ2n) is 7.83. The van der Waals surface area contributed by atoms with Gasteiger partial charge in [-0.05, 0) is 30.4 Å². The van der Waals surface area contributed by atoms with E-state index in [0.29, 0.717) is 12.2 Å². The maximum atomic E-state index is 12.5. The fourth-order valence-electron chi connectivity index (χ4n) is 2.65. The molecule has 7 nitrogen and oxygen atoms in total. The Morgan fingerprint density at radius 3 is 2.52 bits per heavy atom. The molecule has 0 bridgehead atoms. The van der Waals surface area contributed by atoms with Gasteiger partial charge in [0.25, 0.3) is 5.91 Å². The van der Waals surface area contributed by atoms with Crippen molar-refractivity contribution in [3.8, 4) is 0 Å². The molecule has 0 unspecified atom stereocenters. The number of H-pyrrole nitrogens is 1. The first-order valence-corrected chi connectivity index (χ1v) is 9.04. The van der Waals surface area contributed by atoms with Gasteiger partial charge in [-0.1, -0.05) is 39.0 Å². The molecule has 2 rings (SSSR count). The summed E-state index contributed by atoms with van der Waals surface area (Å²) in [7, 11) is 0. The van der Waals surface area contributed by atoms with Crippen LogP contribution in [0.2, 0.25) is 0 Å². The van der Waals surface area contributed by atoms with Crippen molar-refractivity contribution < 1.29 is 19.5 Å². The SMILES string of the molecule is CC(C)(C)CCNC(=O)[C@@H](CCC(=O)O)NC(=O)c1cc2ccccc2[nH]1. The molecule has 2 aromatic rings. The van der Waals surface area contributed by atoms with E-state index in [9.17, 15) is 14.4 Å². The quantitative estimate of drug-likeness (QED) is 0.570. The number of fused-ring (bicyclic) bond motifs is 1. The van der Waals surface area contributed by atoms with Crippen molar-refractivity contribution in [3.63, 3.8) is 0 Å². The van der Waals surface area contributed by atoms with Crippen LogP contribution in [0.4, 0.5) is 0 Å². The van der Waals surface area contributed by atoms with Crippen LogP contribution in [0, 0.1) is 5.41 Å². The van der Waals surface area contributed by atoms with Crippen molar-refractivity contribution in [2.45, 2.75) is 46.1 Å². The Balaban J connectivity index is 2.04. The fourth-order valence-corrected chi connectivity index (χ4v) is 2.65. The van der Waals surface area contributed by atoms with Crippen molar-refractivity contribution in [1.29, 1.82) is 0 Å². The zero-order chi connectivity index (χ0) is 20.0. The van der Waals surface area contributed by atoms with Gasteiger partial charge in [0, 0.05) is 23.9 Å². The van der Waals surface area contributed by atoms with Gasteiger partial charge in [0.15, 0.2) is 0 Å². The summed E-state index contributed by atoms with van der Waals surface area (Å²) >= 11 is 0. The third kappa shape index (κ3) is 6.44. The van der Waals surface area contributed by atoms with E-state index in [1.165, 1.54) is 0 Å². The molecular weight excluding hydrogens is 346 g/mol. The Morgan fingerprint density at radius 1 is 1.19 bits per heavy atom. The molecule has 1 aromatic carbocycles. The molecule has 0 radical (unpaired) electrons. The van der Waals surface area contributed by atoms with Crippen LogP contribution < -0.4 is 10.6 Å². The average molecular weight is 373 g/mol. The van der Waals surface area contributed by atoms with Gasteiger partial charge in [-0.3, -0.25) is 14.4 Å². The molecular formula is C20H27N3O4. The van der Waals surface area contributed by atoms with Gasteiger partial charge in [0.1, 0.15) is 11.7 Å². The highest BCUT2D eigenvalue weighted by Gasteiger charge is 2.23. The lowest BCUT2D eigenvalue weighted by atomic mass is 9.92. The number of aliphatic carboxylic acids is 1. The van der Waals surface area contributed by atoms with Gasteiger partial charge < -0.3 is 20.7 Å². The number of para-hydroxylation sites is 1. The normalized spacial score (nSPS) is 12.6. The van der Waals surface area contributed by atoms with Crippen molar-refractivity contribution in [2.24, 2.45) is 5.41 Å². The average Bonchev–Trinajstić information content (AvgIpc) is 3.01. The molecule has 2 amide bonds. The van der Waals surface area contributed by atoms with E-state index in [1.54, 1.807) is 6.07 Å². The Bertz CT molecular complexity index is 787. The van der Waals surface area contributed by atoms with Crippen LogP contribution in [0.1, 0.15) is 50.5 Å². The van der Waals surface area contributed by atoms with Crippen molar-refractivity contribution in [3.05, 3.63) is 36.0 Å². The van der Waals surface area contributed by atoms with Crippen LogP contribution >= 0.6 is 0 Å². The van der Waals surface area contributed by atoms with E-state index in [2.05, 4.69) is 36.4 Å². The van der Waals surface area contributed by atoms with Gasteiger partial charge in [-0.2, -0.15) is 0 Å². The first-order chi connectivity index (χ1) is 12.7. The van der Waals surface area contributed by atoms with E-state index in [-0.39, 0.29) is 24.2 Å². The van der Waals surface area contributed by atoms with E-state index in [0.717, 1.165) is 17.3 Å². The minimum absolute atomic E-state index is 0.0304. The van der Waals surface area contributed by atoms with Crippen molar-refractivity contribution >= 4 is 28.7 Å². The highest BCUT2D eigenvalue weighted by Crippen LogP contribution is 2.17. The maximum absolute atomic E-state index is 12.5. The van der Waals surface area contributed by atoms with Gasteiger partial charge in [0.2, 0.25) is 5.91 Å². The summed E-state index contributed by atoms with van der Waals surface area (Å²) in [6.45, 7) is 6.67. The van der Waals surface area contributed by atoms with Crippen LogP contribution in [-0.2, 0) is 9.59 Å². The van der Waals surface area contributed by atoms with E-state index in [1.807, 2.05) is 24.3 Å². The molecule has 1 aromatic heterocycles. The predicted octanol–water partition coefficient (Wildman–Crippen LogP) is 2.68. The summed E-state index contributed by atoms with van der Waals surface area (Å²) in [5, 5.41) is 15.3. The molecule has 146 valence electrons. The number of benzene rings is 1. The standard InChI is InChI=1S/C20H27N3O4/c1-20(2,3)10-11-21-18(26)15(8-9-17(24)25)23-19(27)16-12-13-6-4-5-7-14(13)22-16/h4-7,12,15,22H,8-11H2,1-3H3,(H,21,26)(H,23,27)(H,24,25)/t15-/m1/s1. The number of rotatable bonds is 8. The molecule has 0 saturated carbocycles. The molecule has 1 atom stereocenters. The minimum atomic E-state index is -1.01. The summed E-state index contributed by atoms with van der Waals surface area (Å²) in [4.78, 5) is 38.9. The third-order valence-electron chi connectivity index (χ3n) is 4.22. The van der Waals surface area contributed by atoms with Crippen LogP contribution in [0.3, 0.4) is 0 Å². The Morgan fingerprint density at radius 2 is 1.89 bits per heavy atom. The Kier molecular flexibility index (Phi) is 6.60. The predicted molar refractivity (Wildman–Crippen MR) is 104 cm³/mol. The number of hydrogen-bond donors (Lipinski definition) is 4. The van der Waals surface area contributed by atoms with Gasteiger partial charge >= 0.3 is 5.97 Å². The summed E-state index contributed by atoms with van der Waals surface area (Å²) in [5.74, 6) is -1.82. The molecule has 4 N–H and O–H groups in total. The highest BCUT2D eigenvalue weighted by molar-refractivity contribution is 6.00. The molecule has 7 heteroatoms. The molecule has 0 aliphatic carbocycles. The highest BCUT2D eigenvalue weighted by atomic mass is 16.4. The lowest BCUT2D eigenvalue weighted by Crippen LogP contribution is -2.47. The lowest BCUT2D eigenvalue weighted by molar-refractivity contribution is -0.137. The first kappa shape index (κ1) is 20.5. The molecule has 0 fully saturated rings. The molecule has 0 spiro atoms. The number of nitrogens with one attached hydrogen (secondary N) is 3. The van der Waals surface area contributed by atoms with E-state index < -0.39 is 17.9 Å². The fraction of sp³-hybridized carbons (Fsp3) is 0.450. The van der Waals surface area contributed by atoms with Crippen LogP contribution in [-0.4, -0.2) is 40.5 Å². The summed E-state index contributed by atoms with van der Waals surface area (Å²) in [6, 6.07) is 8.27. The van der Waals surface area contributed by atoms with E-state index >= 15 is 0 Å². The number of carbonyl (C=O) groups excluding carboxylic acids is 2. The first-order valence-electron chi connectivity index (χ1n) is 9.04. The Labute approximate surface area is 158 Å². The Hall–Kier alpha value is -2.83. The number of amides is 2. The zero-order valence-electron chi connectivity index (χ0n) is 16.0. The number of carboxylic acid groups (broad SMARTS) is 1. The monoisotopic (exact) mass is 373 g/mol. The topological polar surface area (TPSA) is 111 Å². The number of aromatic amines is 1. The third-order valence-corrected chi connectivity index (χ3v) is 4.22. The molecule has 0 saturated heterocycles. The number of carbonyl (C=O) groups is 3. The molecule has 0 aliphatic heterocycles. The number of hydrogen-bond acceptors (Lipinski definition) is 3. The lowest BCUT2D eigenvalue weighted by Gasteiger charge is -2.21. The van der Waals surface area contributed by atoms with Gasteiger partial charge in [-0.25, -0.2) is 0 Å². The number of aromatic nitrogens is 1. The van der Waals surface area contributed by atoms with Gasteiger partial charge in [0.05, 0.1) is 0 Å². The zero-order valence-corrected chi connectivity index (χ0v) is 16.0. The van der Waals surface area contributed by atoms with Crippen molar-refractivity contribution in [1.82, 2.24) is 15.6 Å². The van der Waals surface area contributed by atoms with Crippen LogP contribution in [0.5, 0.6) is 0 Å². The number of carboxylic acids is 1. The minimum Gasteiger partial charge on any atom is -0.481 e. The summed E-state index contributed by atoms with van der Waals surface area (Å²) in [5.41, 5.74) is 1.22. The largest absolute Gasteiger partial charge is 0.481 e. The summed E-state index contributed by atoms with van der Waals surface area (Å²) in [6.07, 6.45) is 0.605. The molecule has 0 aliphatic rings. The second kappa shape index (κ2) is 8.70. The smallest absolute Gasteiger partial charge is 0.303 e.